The van der Waals surface area contributed by atoms with Gasteiger partial charge in [0.05, 0.1) is 6.42 Å². The van der Waals surface area contributed by atoms with Gasteiger partial charge >= 0.3 is 0 Å². The highest BCUT2D eigenvalue weighted by Crippen LogP contribution is 2.11. The average molecular weight is 290 g/mol. The highest BCUT2D eigenvalue weighted by molar-refractivity contribution is 5.82. The molecule has 5 nitrogen and oxygen atoms in total. The van der Waals surface area contributed by atoms with E-state index in [1.54, 1.807) is 9.80 Å². The van der Waals surface area contributed by atoms with Gasteiger partial charge in [0.25, 0.3) is 5.91 Å². The van der Waals surface area contributed by atoms with Crippen LogP contribution < -0.4 is 0 Å². The van der Waals surface area contributed by atoms with Gasteiger partial charge in [-0.3, -0.25) is 9.59 Å². The number of aliphatic hydroxyl groups is 1. The Bertz CT molecular complexity index is 520. The molecular formula is C16H22N2O3. The summed E-state index contributed by atoms with van der Waals surface area (Å²) < 4.78 is 0. The maximum atomic E-state index is 12.3. The van der Waals surface area contributed by atoms with Crippen LogP contribution >= 0.6 is 0 Å². The first-order valence-electron chi connectivity index (χ1n) is 7.28. The van der Waals surface area contributed by atoms with Crippen LogP contribution in [0.4, 0.5) is 0 Å². The zero-order chi connectivity index (χ0) is 15.4. The Morgan fingerprint density at radius 2 is 1.71 bits per heavy atom. The SMILES string of the molecule is Cc1ccccc1CC(=O)N1CCN(C(=O)C(C)O)CC1. The van der Waals surface area contributed by atoms with Crippen LogP contribution in [-0.4, -0.2) is 59.0 Å². The molecule has 1 atom stereocenters. The Hall–Kier alpha value is -1.88. The lowest BCUT2D eigenvalue weighted by Crippen LogP contribution is -2.52. The maximum absolute atomic E-state index is 12.3. The number of benzene rings is 1. The molecule has 1 unspecified atom stereocenters. The monoisotopic (exact) mass is 290 g/mol. The highest BCUT2D eigenvalue weighted by atomic mass is 16.3. The predicted octanol–water partition coefficient (Wildman–Crippen LogP) is 0.589. The largest absolute Gasteiger partial charge is 0.384 e. The molecule has 1 fully saturated rings. The van der Waals surface area contributed by atoms with Gasteiger partial charge in [-0.05, 0) is 25.0 Å². The first-order chi connectivity index (χ1) is 9.99. The van der Waals surface area contributed by atoms with Crippen molar-refractivity contribution >= 4 is 11.8 Å². The van der Waals surface area contributed by atoms with E-state index in [9.17, 15) is 14.7 Å². The lowest BCUT2D eigenvalue weighted by atomic mass is 10.1. The van der Waals surface area contributed by atoms with Crippen molar-refractivity contribution in [2.24, 2.45) is 0 Å². The third-order valence-electron chi connectivity index (χ3n) is 3.90. The van der Waals surface area contributed by atoms with Gasteiger partial charge in [0.15, 0.2) is 0 Å². The fourth-order valence-corrected chi connectivity index (χ4v) is 2.52. The van der Waals surface area contributed by atoms with Gasteiger partial charge in [0.2, 0.25) is 5.91 Å². The molecule has 0 aromatic heterocycles. The van der Waals surface area contributed by atoms with Gasteiger partial charge < -0.3 is 14.9 Å². The lowest BCUT2D eigenvalue weighted by Gasteiger charge is -2.35. The second-order valence-electron chi connectivity index (χ2n) is 5.49. The van der Waals surface area contributed by atoms with Crippen LogP contribution in [0.25, 0.3) is 0 Å². The van der Waals surface area contributed by atoms with Gasteiger partial charge in [-0.2, -0.15) is 0 Å². The van der Waals surface area contributed by atoms with Gasteiger partial charge in [-0.15, -0.1) is 0 Å². The lowest BCUT2D eigenvalue weighted by molar-refractivity contribution is -0.144. The molecule has 2 rings (SSSR count). The number of nitrogens with zero attached hydrogens (tertiary/aromatic N) is 2. The normalized spacial score (nSPS) is 16.7. The number of carbonyl (C=O) groups excluding carboxylic acids is 2. The van der Waals surface area contributed by atoms with Crippen LogP contribution in [0, 0.1) is 6.92 Å². The van der Waals surface area contributed by atoms with Crippen LogP contribution in [0.1, 0.15) is 18.1 Å². The second kappa shape index (κ2) is 6.72. The third-order valence-corrected chi connectivity index (χ3v) is 3.90. The number of carbonyl (C=O) groups is 2. The summed E-state index contributed by atoms with van der Waals surface area (Å²) in [5.41, 5.74) is 2.17. The van der Waals surface area contributed by atoms with E-state index in [0.29, 0.717) is 32.6 Å². The minimum absolute atomic E-state index is 0.0912. The Kier molecular flexibility index (Phi) is 4.96. The van der Waals surface area contributed by atoms with Crippen LogP contribution in [0.5, 0.6) is 0 Å². The molecule has 0 aliphatic carbocycles. The predicted molar refractivity (Wildman–Crippen MR) is 79.7 cm³/mol. The smallest absolute Gasteiger partial charge is 0.251 e. The molecule has 1 N–H and O–H groups in total. The Morgan fingerprint density at radius 1 is 1.14 bits per heavy atom. The molecule has 0 saturated carbocycles. The minimum atomic E-state index is -0.973. The van der Waals surface area contributed by atoms with Crippen molar-refractivity contribution in [2.45, 2.75) is 26.4 Å². The highest BCUT2D eigenvalue weighted by Gasteiger charge is 2.26. The number of hydrogen-bond donors (Lipinski definition) is 1. The van der Waals surface area contributed by atoms with Crippen molar-refractivity contribution in [1.82, 2.24) is 9.80 Å². The molecule has 5 heteroatoms. The van der Waals surface area contributed by atoms with E-state index in [2.05, 4.69) is 0 Å². The molecule has 1 aliphatic rings. The summed E-state index contributed by atoms with van der Waals surface area (Å²) in [4.78, 5) is 27.4. The van der Waals surface area contributed by atoms with E-state index in [1.165, 1.54) is 6.92 Å². The Balaban J connectivity index is 1.89. The average Bonchev–Trinajstić information content (AvgIpc) is 2.49. The van der Waals surface area contributed by atoms with Gasteiger partial charge in [-0.25, -0.2) is 0 Å². The van der Waals surface area contributed by atoms with E-state index in [1.807, 2.05) is 31.2 Å². The molecule has 1 saturated heterocycles. The number of aliphatic hydroxyl groups excluding tert-OH is 1. The van der Waals surface area contributed by atoms with Gasteiger partial charge in [-0.1, -0.05) is 24.3 Å². The summed E-state index contributed by atoms with van der Waals surface area (Å²) in [6.45, 7) is 5.51. The number of rotatable bonds is 3. The number of amides is 2. The molecule has 0 spiro atoms. The van der Waals surface area contributed by atoms with Crippen LogP contribution in [-0.2, 0) is 16.0 Å². The van der Waals surface area contributed by atoms with Crippen molar-refractivity contribution in [1.29, 1.82) is 0 Å². The minimum Gasteiger partial charge on any atom is -0.384 e. The van der Waals surface area contributed by atoms with E-state index in [4.69, 9.17) is 0 Å². The Labute approximate surface area is 125 Å². The standard InChI is InChI=1S/C16H22N2O3/c1-12-5-3-4-6-14(12)11-15(20)17-7-9-18(10-8-17)16(21)13(2)19/h3-6,13,19H,7-11H2,1-2H3. The molecular weight excluding hydrogens is 268 g/mol. The van der Waals surface area contributed by atoms with Crippen molar-refractivity contribution in [3.05, 3.63) is 35.4 Å². The van der Waals surface area contributed by atoms with E-state index in [-0.39, 0.29) is 11.8 Å². The Morgan fingerprint density at radius 3 is 2.29 bits per heavy atom. The fourth-order valence-electron chi connectivity index (χ4n) is 2.52. The van der Waals surface area contributed by atoms with Crippen molar-refractivity contribution in [3.63, 3.8) is 0 Å². The first kappa shape index (κ1) is 15.5. The quantitative estimate of drug-likeness (QED) is 0.886. The fraction of sp³-hybridized carbons (Fsp3) is 0.500. The molecule has 21 heavy (non-hydrogen) atoms. The molecule has 2 amide bonds. The zero-order valence-electron chi connectivity index (χ0n) is 12.6. The summed E-state index contributed by atoms with van der Waals surface area (Å²) in [6.07, 6.45) is -0.573. The molecule has 0 bridgehead atoms. The number of aryl methyl sites for hydroxylation is 1. The number of hydrogen-bond acceptors (Lipinski definition) is 3. The molecule has 114 valence electrons. The first-order valence-corrected chi connectivity index (χ1v) is 7.28. The molecule has 1 aliphatic heterocycles. The molecule has 1 heterocycles. The van der Waals surface area contributed by atoms with Gasteiger partial charge in [0.1, 0.15) is 6.10 Å². The van der Waals surface area contributed by atoms with E-state index < -0.39 is 6.10 Å². The topological polar surface area (TPSA) is 60.9 Å². The van der Waals surface area contributed by atoms with Crippen molar-refractivity contribution < 1.29 is 14.7 Å². The van der Waals surface area contributed by atoms with Gasteiger partial charge in [0, 0.05) is 26.2 Å². The summed E-state index contributed by atoms with van der Waals surface area (Å²) >= 11 is 0. The summed E-state index contributed by atoms with van der Waals surface area (Å²) in [5, 5.41) is 9.30. The van der Waals surface area contributed by atoms with Crippen molar-refractivity contribution in [3.8, 4) is 0 Å². The van der Waals surface area contributed by atoms with E-state index in [0.717, 1.165) is 11.1 Å². The van der Waals surface area contributed by atoms with Crippen LogP contribution in [0.3, 0.4) is 0 Å². The van der Waals surface area contributed by atoms with E-state index >= 15 is 0 Å². The molecule has 1 aromatic carbocycles. The number of piperazine rings is 1. The summed E-state index contributed by atoms with van der Waals surface area (Å²) in [5.74, 6) is -0.172. The molecule has 0 radical (unpaired) electrons. The summed E-state index contributed by atoms with van der Waals surface area (Å²) in [7, 11) is 0. The zero-order valence-corrected chi connectivity index (χ0v) is 12.6. The van der Waals surface area contributed by atoms with Crippen molar-refractivity contribution in [2.75, 3.05) is 26.2 Å². The second-order valence-corrected chi connectivity index (χ2v) is 5.49. The molecule has 1 aromatic rings. The third kappa shape index (κ3) is 3.82. The van der Waals surface area contributed by atoms with Crippen LogP contribution in [0.2, 0.25) is 0 Å². The maximum Gasteiger partial charge on any atom is 0.251 e. The summed E-state index contributed by atoms with van der Waals surface area (Å²) in [6, 6.07) is 7.88. The van der Waals surface area contributed by atoms with Crippen LogP contribution in [0.15, 0.2) is 24.3 Å².